The fourth-order valence-electron chi connectivity index (χ4n) is 2.18. The zero-order chi connectivity index (χ0) is 16.8. The van der Waals surface area contributed by atoms with E-state index in [1.807, 2.05) is 72.2 Å². The quantitative estimate of drug-likeness (QED) is 0.470. The molecule has 0 saturated heterocycles. The number of benzene rings is 2. The first-order valence-electron chi connectivity index (χ1n) is 7.69. The Kier molecular flexibility index (Phi) is 5.33. The highest BCUT2D eigenvalue weighted by molar-refractivity contribution is 7.99. The molecule has 0 unspecified atom stereocenters. The SMILES string of the molecule is C=C(C)CSc1nnc(COc2ccccc2)n1-c1ccccc1. The number of para-hydroxylation sites is 2. The van der Waals surface area contributed by atoms with Crippen LogP contribution in [-0.4, -0.2) is 20.5 Å². The van der Waals surface area contributed by atoms with Crippen molar-refractivity contribution in [2.45, 2.75) is 18.7 Å². The maximum atomic E-state index is 5.84. The Labute approximate surface area is 146 Å². The van der Waals surface area contributed by atoms with Crippen molar-refractivity contribution in [1.82, 2.24) is 14.8 Å². The van der Waals surface area contributed by atoms with E-state index in [9.17, 15) is 0 Å². The Hall–Kier alpha value is -2.53. The molecule has 2 aromatic carbocycles. The van der Waals surface area contributed by atoms with Gasteiger partial charge in [-0.1, -0.05) is 60.3 Å². The molecular formula is C19H19N3OS. The summed E-state index contributed by atoms with van der Waals surface area (Å²) in [6, 6.07) is 19.8. The molecule has 0 saturated carbocycles. The predicted molar refractivity (Wildman–Crippen MR) is 97.7 cm³/mol. The number of nitrogens with zero attached hydrogens (tertiary/aromatic N) is 3. The maximum absolute atomic E-state index is 5.84. The van der Waals surface area contributed by atoms with Gasteiger partial charge >= 0.3 is 0 Å². The lowest BCUT2D eigenvalue weighted by Gasteiger charge is -2.11. The minimum absolute atomic E-state index is 0.361. The molecule has 1 aromatic heterocycles. The van der Waals surface area contributed by atoms with Gasteiger partial charge < -0.3 is 4.74 Å². The standard InChI is InChI=1S/C19H19N3OS/c1-15(2)14-24-19-21-20-18(13-23-17-11-7-4-8-12-17)22(19)16-9-5-3-6-10-16/h3-12H,1,13-14H2,2H3. The first-order chi connectivity index (χ1) is 11.7. The van der Waals surface area contributed by atoms with E-state index in [2.05, 4.69) is 16.8 Å². The lowest BCUT2D eigenvalue weighted by molar-refractivity contribution is 0.293. The van der Waals surface area contributed by atoms with E-state index in [0.29, 0.717) is 6.61 Å². The van der Waals surface area contributed by atoms with Crippen LogP contribution < -0.4 is 4.74 Å². The number of thioether (sulfide) groups is 1. The van der Waals surface area contributed by atoms with Gasteiger partial charge in [0.25, 0.3) is 0 Å². The zero-order valence-electron chi connectivity index (χ0n) is 13.6. The van der Waals surface area contributed by atoms with E-state index in [1.165, 1.54) is 0 Å². The minimum atomic E-state index is 0.361. The number of hydrogen-bond acceptors (Lipinski definition) is 4. The smallest absolute Gasteiger partial charge is 0.196 e. The van der Waals surface area contributed by atoms with Gasteiger partial charge in [0.05, 0.1) is 0 Å². The maximum Gasteiger partial charge on any atom is 0.196 e. The summed E-state index contributed by atoms with van der Waals surface area (Å²) in [5.41, 5.74) is 2.13. The monoisotopic (exact) mass is 337 g/mol. The summed E-state index contributed by atoms with van der Waals surface area (Å²) in [7, 11) is 0. The van der Waals surface area contributed by atoms with Crippen LogP contribution in [-0.2, 0) is 6.61 Å². The van der Waals surface area contributed by atoms with Gasteiger partial charge in [0.2, 0.25) is 0 Å². The van der Waals surface area contributed by atoms with E-state index in [4.69, 9.17) is 4.74 Å². The molecule has 0 radical (unpaired) electrons. The molecule has 0 aliphatic heterocycles. The van der Waals surface area contributed by atoms with Crippen LogP contribution >= 0.6 is 11.8 Å². The van der Waals surface area contributed by atoms with Crippen molar-refractivity contribution in [3.05, 3.63) is 78.6 Å². The highest BCUT2D eigenvalue weighted by Crippen LogP contribution is 2.24. The Bertz CT molecular complexity index is 800. The van der Waals surface area contributed by atoms with Crippen molar-refractivity contribution in [2.75, 3.05) is 5.75 Å². The second-order valence-electron chi connectivity index (χ2n) is 5.42. The predicted octanol–water partition coefficient (Wildman–Crippen LogP) is 4.51. The molecule has 0 aliphatic carbocycles. The van der Waals surface area contributed by atoms with Crippen molar-refractivity contribution in [3.8, 4) is 11.4 Å². The van der Waals surface area contributed by atoms with Gasteiger partial charge in [0, 0.05) is 11.4 Å². The molecule has 0 spiro atoms. The molecule has 0 atom stereocenters. The molecule has 0 bridgehead atoms. The molecule has 0 aliphatic rings. The molecule has 1 heterocycles. The van der Waals surface area contributed by atoms with Gasteiger partial charge in [-0.3, -0.25) is 4.57 Å². The number of hydrogen-bond donors (Lipinski definition) is 0. The Morgan fingerprint density at radius 3 is 2.38 bits per heavy atom. The summed E-state index contributed by atoms with van der Waals surface area (Å²) < 4.78 is 7.88. The number of ether oxygens (including phenoxy) is 1. The summed E-state index contributed by atoms with van der Waals surface area (Å²) in [4.78, 5) is 0. The van der Waals surface area contributed by atoms with Crippen LogP contribution in [0.1, 0.15) is 12.7 Å². The largest absolute Gasteiger partial charge is 0.486 e. The van der Waals surface area contributed by atoms with E-state index >= 15 is 0 Å². The molecular weight excluding hydrogens is 318 g/mol. The third-order valence-electron chi connectivity index (χ3n) is 3.27. The average Bonchev–Trinajstić information content (AvgIpc) is 3.02. The van der Waals surface area contributed by atoms with Gasteiger partial charge in [-0.15, -0.1) is 10.2 Å². The molecule has 3 aromatic rings. The van der Waals surface area contributed by atoms with E-state index in [-0.39, 0.29) is 0 Å². The van der Waals surface area contributed by atoms with Crippen LogP contribution in [0, 0.1) is 0 Å². The Morgan fingerprint density at radius 1 is 1.04 bits per heavy atom. The molecule has 0 N–H and O–H groups in total. The summed E-state index contributed by atoms with van der Waals surface area (Å²) >= 11 is 1.63. The minimum Gasteiger partial charge on any atom is -0.486 e. The van der Waals surface area contributed by atoms with Crippen LogP contribution in [0.3, 0.4) is 0 Å². The van der Waals surface area contributed by atoms with Gasteiger partial charge in [-0.05, 0) is 31.2 Å². The van der Waals surface area contributed by atoms with Gasteiger partial charge in [-0.2, -0.15) is 0 Å². The van der Waals surface area contributed by atoms with E-state index in [1.54, 1.807) is 11.8 Å². The van der Waals surface area contributed by atoms with E-state index < -0.39 is 0 Å². The molecule has 122 valence electrons. The van der Waals surface area contributed by atoms with Crippen LogP contribution in [0.5, 0.6) is 5.75 Å². The zero-order valence-corrected chi connectivity index (χ0v) is 14.4. The number of aromatic nitrogens is 3. The van der Waals surface area contributed by atoms with Crippen molar-refractivity contribution in [3.63, 3.8) is 0 Å². The lowest BCUT2D eigenvalue weighted by atomic mass is 10.3. The third-order valence-corrected chi connectivity index (χ3v) is 4.43. The van der Waals surface area contributed by atoms with Crippen LogP contribution in [0.4, 0.5) is 0 Å². The van der Waals surface area contributed by atoms with Gasteiger partial charge in [0.15, 0.2) is 11.0 Å². The van der Waals surface area contributed by atoms with Gasteiger partial charge in [0.1, 0.15) is 12.4 Å². The topological polar surface area (TPSA) is 39.9 Å². The summed E-state index contributed by atoms with van der Waals surface area (Å²) in [6.45, 7) is 6.32. The number of rotatable bonds is 7. The Balaban J connectivity index is 1.86. The lowest BCUT2D eigenvalue weighted by Crippen LogP contribution is -2.06. The second-order valence-corrected chi connectivity index (χ2v) is 6.36. The fraction of sp³-hybridized carbons (Fsp3) is 0.158. The Morgan fingerprint density at radius 2 is 1.71 bits per heavy atom. The van der Waals surface area contributed by atoms with Crippen LogP contribution in [0.2, 0.25) is 0 Å². The first-order valence-corrected chi connectivity index (χ1v) is 8.67. The van der Waals surface area contributed by atoms with Crippen molar-refractivity contribution in [2.24, 2.45) is 0 Å². The fourth-order valence-corrected chi connectivity index (χ4v) is 2.99. The second kappa shape index (κ2) is 7.84. The van der Waals surface area contributed by atoms with Crippen molar-refractivity contribution in [1.29, 1.82) is 0 Å². The molecule has 4 nitrogen and oxygen atoms in total. The molecule has 0 amide bonds. The van der Waals surface area contributed by atoms with Crippen LogP contribution in [0.15, 0.2) is 78.0 Å². The third kappa shape index (κ3) is 4.06. The first kappa shape index (κ1) is 16.3. The summed E-state index contributed by atoms with van der Waals surface area (Å²) in [6.07, 6.45) is 0. The summed E-state index contributed by atoms with van der Waals surface area (Å²) in [5.74, 6) is 2.40. The highest BCUT2D eigenvalue weighted by Gasteiger charge is 2.15. The van der Waals surface area contributed by atoms with E-state index in [0.717, 1.165) is 33.7 Å². The van der Waals surface area contributed by atoms with Crippen LogP contribution in [0.25, 0.3) is 5.69 Å². The van der Waals surface area contributed by atoms with Crippen molar-refractivity contribution >= 4 is 11.8 Å². The molecule has 5 heteroatoms. The summed E-state index contributed by atoms with van der Waals surface area (Å²) in [5, 5.41) is 9.50. The highest BCUT2D eigenvalue weighted by atomic mass is 32.2. The molecule has 24 heavy (non-hydrogen) atoms. The normalized spacial score (nSPS) is 10.5. The molecule has 3 rings (SSSR count). The van der Waals surface area contributed by atoms with Crippen molar-refractivity contribution < 1.29 is 4.74 Å². The van der Waals surface area contributed by atoms with Gasteiger partial charge in [-0.25, -0.2) is 0 Å². The molecule has 0 fully saturated rings. The average molecular weight is 337 g/mol.